The zero-order valence-electron chi connectivity index (χ0n) is 11.6. The van der Waals surface area contributed by atoms with E-state index in [4.69, 9.17) is 4.74 Å². The van der Waals surface area contributed by atoms with Gasteiger partial charge >= 0.3 is 0 Å². The molecule has 1 fully saturated rings. The number of pyridine rings is 1. The monoisotopic (exact) mass is 260 g/mol. The van der Waals surface area contributed by atoms with E-state index in [0.29, 0.717) is 5.56 Å². The molecule has 0 aliphatic carbocycles. The Balaban J connectivity index is 1.93. The van der Waals surface area contributed by atoms with Crippen molar-refractivity contribution in [2.24, 2.45) is 0 Å². The molecule has 0 unspecified atom stereocenters. The number of nitriles is 1. The third kappa shape index (κ3) is 3.66. The maximum Gasteiger partial charge on any atom is 0.103 e. The van der Waals surface area contributed by atoms with Gasteiger partial charge in [0, 0.05) is 31.9 Å². The molecule has 5 heteroatoms. The van der Waals surface area contributed by atoms with Crippen LogP contribution in [-0.2, 0) is 4.74 Å². The summed E-state index contributed by atoms with van der Waals surface area (Å²) >= 11 is 0. The smallest absolute Gasteiger partial charge is 0.103 e. The Morgan fingerprint density at radius 2 is 2.16 bits per heavy atom. The summed E-state index contributed by atoms with van der Waals surface area (Å²) in [6.07, 6.45) is 0. The number of morpholine rings is 1. The van der Waals surface area contributed by atoms with Gasteiger partial charge in [-0.3, -0.25) is 9.88 Å². The summed E-state index contributed by atoms with van der Waals surface area (Å²) in [5, 5.41) is 12.5. The Hall–Kier alpha value is -1.64. The van der Waals surface area contributed by atoms with Crippen LogP contribution in [0.4, 0.5) is 5.69 Å². The Labute approximate surface area is 114 Å². The number of hydrogen-bond acceptors (Lipinski definition) is 5. The van der Waals surface area contributed by atoms with Gasteiger partial charge in [0.05, 0.1) is 30.2 Å². The van der Waals surface area contributed by atoms with Crippen LogP contribution in [0.1, 0.15) is 17.0 Å². The van der Waals surface area contributed by atoms with Crippen molar-refractivity contribution in [1.82, 2.24) is 9.88 Å². The van der Waals surface area contributed by atoms with Crippen LogP contribution >= 0.6 is 0 Å². The molecule has 0 saturated carbocycles. The van der Waals surface area contributed by atoms with Gasteiger partial charge in [-0.2, -0.15) is 5.26 Å². The Bertz CT molecular complexity index is 475. The highest BCUT2D eigenvalue weighted by Gasteiger charge is 2.11. The number of anilines is 1. The van der Waals surface area contributed by atoms with Gasteiger partial charge in [0.1, 0.15) is 6.07 Å². The van der Waals surface area contributed by atoms with E-state index in [9.17, 15) is 5.26 Å². The Morgan fingerprint density at radius 1 is 1.42 bits per heavy atom. The lowest BCUT2D eigenvalue weighted by molar-refractivity contribution is 0.0398. The second kappa shape index (κ2) is 6.50. The van der Waals surface area contributed by atoms with Gasteiger partial charge in [-0.15, -0.1) is 0 Å². The van der Waals surface area contributed by atoms with Gasteiger partial charge < -0.3 is 10.1 Å². The predicted octanol–water partition coefficient (Wildman–Crippen LogP) is 1.31. The number of rotatable bonds is 4. The normalized spacial score (nSPS) is 16.1. The highest BCUT2D eigenvalue weighted by Crippen LogP contribution is 2.18. The highest BCUT2D eigenvalue weighted by atomic mass is 16.5. The van der Waals surface area contributed by atoms with Crippen molar-refractivity contribution in [3.8, 4) is 6.07 Å². The first kappa shape index (κ1) is 13.8. The van der Waals surface area contributed by atoms with Crippen LogP contribution in [-0.4, -0.2) is 49.3 Å². The number of nitrogens with zero attached hydrogens (tertiary/aromatic N) is 3. The fraction of sp³-hybridized carbons (Fsp3) is 0.571. The number of aromatic nitrogens is 1. The van der Waals surface area contributed by atoms with Crippen LogP contribution < -0.4 is 5.32 Å². The fourth-order valence-corrected chi connectivity index (χ4v) is 2.28. The number of nitrogens with one attached hydrogen (secondary N) is 1. The van der Waals surface area contributed by atoms with Crippen LogP contribution in [0, 0.1) is 25.2 Å². The van der Waals surface area contributed by atoms with E-state index >= 15 is 0 Å². The Morgan fingerprint density at radius 3 is 2.84 bits per heavy atom. The van der Waals surface area contributed by atoms with Gasteiger partial charge in [-0.05, 0) is 19.9 Å². The predicted molar refractivity (Wildman–Crippen MR) is 74.2 cm³/mol. The molecule has 19 heavy (non-hydrogen) atoms. The average Bonchev–Trinajstić information content (AvgIpc) is 2.39. The zero-order chi connectivity index (χ0) is 13.7. The summed E-state index contributed by atoms with van der Waals surface area (Å²) in [6.45, 7) is 9.22. The minimum absolute atomic E-state index is 0.646. The summed E-state index contributed by atoms with van der Waals surface area (Å²) in [5.74, 6) is 0. The first-order valence-corrected chi connectivity index (χ1v) is 6.63. The van der Waals surface area contributed by atoms with E-state index in [1.165, 1.54) is 0 Å². The molecular formula is C14H20N4O. The molecular weight excluding hydrogens is 240 g/mol. The molecule has 1 saturated heterocycles. The molecule has 0 atom stereocenters. The molecule has 1 aliphatic rings. The van der Waals surface area contributed by atoms with Crippen LogP contribution in [0.25, 0.3) is 0 Å². The summed E-state index contributed by atoms with van der Waals surface area (Å²) in [7, 11) is 0. The van der Waals surface area contributed by atoms with E-state index in [2.05, 4.69) is 21.3 Å². The molecule has 1 aliphatic heterocycles. The highest BCUT2D eigenvalue weighted by molar-refractivity contribution is 5.59. The second-order valence-corrected chi connectivity index (χ2v) is 4.76. The van der Waals surface area contributed by atoms with E-state index < -0.39 is 0 Å². The molecule has 0 aromatic carbocycles. The lowest BCUT2D eigenvalue weighted by atomic mass is 10.1. The van der Waals surface area contributed by atoms with Gasteiger partial charge in [0.2, 0.25) is 0 Å². The lowest BCUT2D eigenvalue weighted by Gasteiger charge is -2.26. The minimum Gasteiger partial charge on any atom is -0.383 e. The SMILES string of the molecule is Cc1cc(NCCN2CCOCC2)c(C#N)c(C)n1. The van der Waals surface area contributed by atoms with E-state index in [0.717, 1.165) is 56.5 Å². The van der Waals surface area contributed by atoms with Crippen molar-refractivity contribution in [3.05, 3.63) is 23.0 Å². The van der Waals surface area contributed by atoms with E-state index in [-0.39, 0.29) is 0 Å². The third-order valence-corrected chi connectivity index (χ3v) is 3.29. The van der Waals surface area contributed by atoms with Crippen molar-refractivity contribution in [3.63, 3.8) is 0 Å². The molecule has 1 aromatic heterocycles. The largest absolute Gasteiger partial charge is 0.383 e. The van der Waals surface area contributed by atoms with Crippen LogP contribution in [0.2, 0.25) is 0 Å². The fourth-order valence-electron chi connectivity index (χ4n) is 2.28. The van der Waals surface area contributed by atoms with Crippen LogP contribution in [0.3, 0.4) is 0 Å². The summed E-state index contributed by atoms with van der Waals surface area (Å²) in [5.41, 5.74) is 3.26. The average molecular weight is 260 g/mol. The molecule has 0 spiro atoms. The van der Waals surface area contributed by atoms with Gasteiger partial charge in [-0.25, -0.2) is 0 Å². The number of ether oxygens (including phenoxy) is 1. The quantitative estimate of drug-likeness (QED) is 0.884. The minimum atomic E-state index is 0.646. The maximum absolute atomic E-state index is 9.18. The van der Waals surface area contributed by atoms with E-state index in [1.54, 1.807) is 0 Å². The first-order valence-electron chi connectivity index (χ1n) is 6.63. The summed E-state index contributed by atoms with van der Waals surface area (Å²) in [6, 6.07) is 4.16. The summed E-state index contributed by atoms with van der Waals surface area (Å²) < 4.78 is 5.32. The van der Waals surface area contributed by atoms with Crippen LogP contribution in [0.15, 0.2) is 6.07 Å². The van der Waals surface area contributed by atoms with Gasteiger partial charge in [-0.1, -0.05) is 0 Å². The zero-order valence-corrected chi connectivity index (χ0v) is 11.6. The van der Waals surface area contributed by atoms with Crippen LogP contribution in [0.5, 0.6) is 0 Å². The number of hydrogen-bond donors (Lipinski definition) is 1. The molecule has 2 heterocycles. The molecule has 5 nitrogen and oxygen atoms in total. The standard InChI is InChI=1S/C14H20N4O/c1-11-9-14(13(10-15)12(2)17-11)16-3-4-18-5-7-19-8-6-18/h9H,3-8H2,1-2H3,(H,16,17). The van der Waals surface area contributed by atoms with E-state index in [1.807, 2.05) is 19.9 Å². The molecule has 1 N–H and O–H groups in total. The van der Waals surface area contributed by atoms with Crippen molar-refractivity contribution in [1.29, 1.82) is 5.26 Å². The molecule has 0 amide bonds. The molecule has 1 aromatic rings. The first-order chi connectivity index (χ1) is 9.20. The van der Waals surface area contributed by atoms with Gasteiger partial charge in [0.25, 0.3) is 0 Å². The summed E-state index contributed by atoms with van der Waals surface area (Å²) in [4.78, 5) is 6.68. The Kier molecular flexibility index (Phi) is 4.72. The second-order valence-electron chi connectivity index (χ2n) is 4.76. The van der Waals surface area contributed by atoms with Crippen molar-refractivity contribution in [2.75, 3.05) is 44.7 Å². The maximum atomic E-state index is 9.18. The third-order valence-electron chi connectivity index (χ3n) is 3.29. The molecule has 0 bridgehead atoms. The van der Waals surface area contributed by atoms with Crippen molar-refractivity contribution >= 4 is 5.69 Å². The van der Waals surface area contributed by atoms with Crippen molar-refractivity contribution < 1.29 is 4.74 Å². The number of aryl methyl sites for hydroxylation is 2. The van der Waals surface area contributed by atoms with Gasteiger partial charge in [0.15, 0.2) is 0 Å². The molecule has 102 valence electrons. The molecule has 2 rings (SSSR count). The molecule has 0 radical (unpaired) electrons. The lowest BCUT2D eigenvalue weighted by Crippen LogP contribution is -2.39. The van der Waals surface area contributed by atoms with Crippen molar-refractivity contribution in [2.45, 2.75) is 13.8 Å². The topological polar surface area (TPSA) is 61.2 Å².